The van der Waals surface area contributed by atoms with Gasteiger partial charge in [0.15, 0.2) is 0 Å². The molecule has 2 aliphatic rings. The van der Waals surface area contributed by atoms with Crippen molar-refractivity contribution in [3.63, 3.8) is 0 Å². The van der Waals surface area contributed by atoms with Crippen LogP contribution in [0.3, 0.4) is 0 Å². The first-order valence-corrected chi connectivity index (χ1v) is 20.0. The highest BCUT2D eigenvalue weighted by Crippen LogP contribution is 2.65. The fraction of sp³-hybridized carbons (Fsp3) is 0.0189. The van der Waals surface area contributed by atoms with E-state index in [0.717, 1.165) is 39.0 Å². The highest BCUT2D eigenvalue weighted by molar-refractivity contribution is 7.99. The van der Waals surface area contributed by atoms with Gasteiger partial charge in [0.1, 0.15) is 11.2 Å². The van der Waals surface area contributed by atoms with E-state index in [1.165, 1.54) is 65.1 Å². The first-order chi connectivity index (χ1) is 27.8. The van der Waals surface area contributed by atoms with Gasteiger partial charge in [-0.3, -0.25) is 0 Å². The van der Waals surface area contributed by atoms with Crippen molar-refractivity contribution in [3.8, 4) is 22.3 Å². The summed E-state index contributed by atoms with van der Waals surface area (Å²) < 4.78 is 6.35. The molecule has 56 heavy (non-hydrogen) atoms. The van der Waals surface area contributed by atoms with Gasteiger partial charge in [-0.25, -0.2) is 0 Å². The highest BCUT2D eigenvalue weighted by Gasteiger charge is 2.51. The summed E-state index contributed by atoms with van der Waals surface area (Å²) in [6, 6.07) is 73.4. The van der Waals surface area contributed by atoms with Gasteiger partial charge in [0.2, 0.25) is 0 Å². The van der Waals surface area contributed by atoms with Crippen molar-refractivity contribution in [1.29, 1.82) is 0 Å². The van der Waals surface area contributed by atoms with Gasteiger partial charge in [0.05, 0.1) is 11.1 Å². The van der Waals surface area contributed by atoms with Crippen molar-refractivity contribution in [3.05, 3.63) is 222 Å². The Morgan fingerprint density at radius 3 is 1.80 bits per heavy atom. The van der Waals surface area contributed by atoms with Gasteiger partial charge in [-0.1, -0.05) is 157 Å². The molecule has 1 aliphatic carbocycles. The summed E-state index contributed by atoms with van der Waals surface area (Å²) in [4.78, 5) is 5.07. The Hall–Kier alpha value is -6.81. The van der Waals surface area contributed by atoms with E-state index in [0.29, 0.717) is 0 Å². The fourth-order valence-electron chi connectivity index (χ4n) is 9.59. The summed E-state index contributed by atoms with van der Waals surface area (Å²) in [5, 5.41) is 4.72. The Balaban J connectivity index is 1.19. The van der Waals surface area contributed by atoms with Crippen LogP contribution in [-0.4, -0.2) is 0 Å². The van der Waals surface area contributed by atoms with Crippen molar-refractivity contribution in [2.45, 2.75) is 15.2 Å². The fourth-order valence-corrected chi connectivity index (χ4v) is 10.8. The third kappa shape index (κ3) is 4.40. The van der Waals surface area contributed by atoms with E-state index in [-0.39, 0.29) is 0 Å². The first-order valence-electron chi connectivity index (χ1n) is 19.2. The van der Waals surface area contributed by atoms with Gasteiger partial charge in [-0.05, 0) is 104 Å². The molecule has 2 heterocycles. The van der Waals surface area contributed by atoms with Crippen molar-refractivity contribution in [2.75, 3.05) is 4.90 Å². The molecule has 0 saturated carbocycles. The lowest BCUT2D eigenvalue weighted by Crippen LogP contribution is -2.32. The van der Waals surface area contributed by atoms with Gasteiger partial charge in [-0.2, -0.15) is 0 Å². The normalized spacial score (nSPS) is 13.4. The van der Waals surface area contributed by atoms with Crippen LogP contribution in [0.4, 0.5) is 17.1 Å². The average Bonchev–Trinajstić information content (AvgIpc) is 3.79. The van der Waals surface area contributed by atoms with Crippen LogP contribution in [0.2, 0.25) is 0 Å². The van der Waals surface area contributed by atoms with Gasteiger partial charge < -0.3 is 9.32 Å². The van der Waals surface area contributed by atoms with E-state index >= 15 is 0 Å². The molecule has 0 radical (unpaired) electrons. The van der Waals surface area contributed by atoms with Gasteiger partial charge in [0, 0.05) is 37.5 Å². The van der Waals surface area contributed by atoms with Crippen molar-refractivity contribution in [2.24, 2.45) is 0 Å². The Morgan fingerprint density at radius 1 is 0.393 bits per heavy atom. The molecule has 0 bridgehead atoms. The molecular weight excluding hydrogens is 699 g/mol. The van der Waals surface area contributed by atoms with Crippen LogP contribution in [0.5, 0.6) is 0 Å². The Labute approximate surface area is 329 Å². The molecule has 9 aromatic carbocycles. The van der Waals surface area contributed by atoms with Crippen LogP contribution >= 0.6 is 11.8 Å². The second-order valence-electron chi connectivity index (χ2n) is 14.8. The largest absolute Gasteiger partial charge is 0.456 e. The number of hydrogen-bond acceptors (Lipinski definition) is 3. The lowest BCUT2D eigenvalue weighted by atomic mass is 9.67. The van der Waals surface area contributed by atoms with Crippen LogP contribution in [0.15, 0.2) is 214 Å². The Bertz CT molecular complexity index is 3130. The lowest BCUT2D eigenvalue weighted by molar-refractivity contribution is 0.669. The van der Waals surface area contributed by atoms with E-state index in [1.54, 1.807) is 0 Å². The molecule has 0 fully saturated rings. The summed E-state index contributed by atoms with van der Waals surface area (Å²) in [5.41, 5.74) is 14.8. The predicted molar refractivity (Wildman–Crippen MR) is 233 cm³/mol. The number of anilines is 3. The summed E-state index contributed by atoms with van der Waals surface area (Å²) in [6.07, 6.45) is 0. The van der Waals surface area contributed by atoms with Crippen LogP contribution < -0.4 is 4.90 Å². The number of benzene rings is 9. The standard InChI is InChI=1S/C53H33NOS/c1-2-13-34(14-3-1)35-25-28-37(29-26-35)54(38-30-32-48-41(33-38)40-17-6-9-22-47(40)55-48)46-21-12-20-44-52(46)51-39-16-5-4-15-36(39)27-31-45(51)53(44)42-18-7-10-23-49(42)56-50-24-11-8-19-43(50)53/h1-33H. The summed E-state index contributed by atoms with van der Waals surface area (Å²) in [7, 11) is 0. The van der Waals surface area contributed by atoms with Gasteiger partial charge in [-0.15, -0.1) is 0 Å². The van der Waals surface area contributed by atoms with Gasteiger partial charge in [0.25, 0.3) is 0 Å². The molecule has 1 aliphatic heterocycles. The average molecular weight is 732 g/mol. The quantitative estimate of drug-likeness (QED) is 0.179. The Kier molecular flexibility index (Phi) is 6.81. The first kappa shape index (κ1) is 31.5. The summed E-state index contributed by atoms with van der Waals surface area (Å²) in [5.74, 6) is 0. The second kappa shape index (κ2) is 12.1. The highest BCUT2D eigenvalue weighted by atomic mass is 32.2. The lowest BCUT2D eigenvalue weighted by Gasteiger charge is -2.39. The number of rotatable bonds is 4. The molecule has 0 saturated heterocycles. The van der Waals surface area contributed by atoms with Crippen LogP contribution in [0.25, 0.3) is 55.0 Å². The van der Waals surface area contributed by atoms with E-state index in [2.05, 4.69) is 199 Å². The van der Waals surface area contributed by atoms with E-state index in [4.69, 9.17) is 4.42 Å². The molecule has 0 amide bonds. The monoisotopic (exact) mass is 731 g/mol. The van der Waals surface area contributed by atoms with Crippen LogP contribution in [-0.2, 0) is 5.41 Å². The van der Waals surface area contributed by atoms with Crippen LogP contribution in [0, 0.1) is 0 Å². The maximum Gasteiger partial charge on any atom is 0.135 e. The van der Waals surface area contributed by atoms with Crippen molar-refractivity contribution >= 4 is 61.5 Å². The summed E-state index contributed by atoms with van der Waals surface area (Å²) in [6.45, 7) is 0. The number of fused-ring (bicyclic) bond motifs is 14. The minimum absolute atomic E-state index is 0.503. The van der Waals surface area contributed by atoms with Crippen molar-refractivity contribution in [1.82, 2.24) is 0 Å². The molecule has 262 valence electrons. The molecule has 0 atom stereocenters. The molecule has 1 aromatic heterocycles. The van der Waals surface area contributed by atoms with E-state index < -0.39 is 5.41 Å². The zero-order valence-electron chi connectivity index (χ0n) is 30.3. The number of hydrogen-bond donors (Lipinski definition) is 0. The minimum Gasteiger partial charge on any atom is -0.456 e. The molecule has 10 aromatic rings. The Morgan fingerprint density at radius 2 is 1.00 bits per heavy atom. The molecule has 0 unspecified atom stereocenters. The third-order valence-electron chi connectivity index (χ3n) is 11.9. The van der Waals surface area contributed by atoms with Crippen LogP contribution in [0.1, 0.15) is 22.3 Å². The van der Waals surface area contributed by atoms with E-state index in [1.807, 2.05) is 17.8 Å². The smallest absolute Gasteiger partial charge is 0.135 e. The number of nitrogens with zero attached hydrogens (tertiary/aromatic N) is 1. The zero-order chi connectivity index (χ0) is 36.8. The maximum atomic E-state index is 6.35. The number of para-hydroxylation sites is 1. The molecular formula is C53H33NOS. The maximum absolute atomic E-state index is 6.35. The van der Waals surface area contributed by atoms with Gasteiger partial charge >= 0.3 is 0 Å². The molecule has 3 heteroatoms. The van der Waals surface area contributed by atoms with Crippen molar-refractivity contribution < 1.29 is 4.42 Å². The van der Waals surface area contributed by atoms with E-state index in [9.17, 15) is 0 Å². The second-order valence-corrected chi connectivity index (χ2v) is 15.9. The molecule has 0 N–H and O–H groups in total. The number of furan rings is 1. The SMILES string of the molecule is c1ccc(-c2ccc(N(c3ccc4oc5ccccc5c4c3)c3cccc4c3-c3c(ccc5ccccc35)C43c4ccccc4Sc4ccccc43)cc2)cc1. The molecule has 1 spiro atoms. The third-order valence-corrected chi connectivity index (χ3v) is 13.1. The molecule has 12 rings (SSSR count). The topological polar surface area (TPSA) is 16.4 Å². The summed E-state index contributed by atoms with van der Waals surface area (Å²) >= 11 is 1.88. The zero-order valence-corrected chi connectivity index (χ0v) is 31.1. The minimum atomic E-state index is -0.503. The molecule has 2 nitrogen and oxygen atoms in total. The predicted octanol–water partition coefficient (Wildman–Crippen LogP) is 14.7.